The van der Waals surface area contributed by atoms with Crippen LogP contribution < -0.4 is 24.7 Å². The van der Waals surface area contributed by atoms with Crippen LogP contribution in [0.25, 0.3) is 44.1 Å². The maximum Gasteiger partial charge on any atom is 0.284 e. The van der Waals surface area contributed by atoms with Crippen LogP contribution in [0.5, 0.6) is 17.2 Å². The number of hydrogen-bond acceptors (Lipinski definition) is 10. The highest BCUT2D eigenvalue weighted by Crippen LogP contribution is 2.45. The van der Waals surface area contributed by atoms with Gasteiger partial charge in [0.05, 0.1) is 58.6 Å². The lowest BCUT2D eigenvalue weighted by Crippen LogP contribution is -2.42. The molecule has 0 saturated carbocycles. The Hall–Kier alpha value is -7.09. The van der Waals surface area contributed by atoms with Crippen LogP contribution in [0.4, 0.5) is 5.69 Å². The van der Waals surface area contributed by atoms with Crippen molar-refractivity contribution in [1.82, 2.24) is 29.5 Å². The number of aliphatic hydroxyl groups excluding tert-OH is 2. The summed E-state index contributed by atoms with van der Waals surface area (Å²) in [5.74, 6) is 3.35. The molecule has 14 heteroatoms. The molecule has 0 fully saturated rings. The topological polar surface area (TPSA) is 187 Å². The Balaban J connectivity index is 0.000000147. The van der Waals surface area contributed by atoms with E-state index in [0.29, 0.717) is 57.6 Å². The second-order valence-electron chi connectivity index (χ2n) is 14.1. The number of para-hydroxylation sites is 4. The number of aryl methyl sites for hydroxylation is 1. The molecule has 1 atom stereocenters. The van der Waals surface area contributed by atoms with E-state index in [4.69, 9.17) is 19.6 Å². The number of imidazole rings is 2. The number of nitrogens with one attached hydrogen (secondary N) is 3. The molecule has 0 spiro atoms. The molecule has 6 heterocycles. The first-order valence-electron chi connectivity index (χ1n) is 17.6. The number of fused-ring (bicyclic) bond motifs is 8. The Morgan fingerprint density at radius 3 is 2.16 bits per heavy atom. The largest absolute Gasteiger partial charge is 0.509 e. The van der Waals surface area contributed by atoms with Gasteiger partial charge in [-0.2, -0.15) is 4.98 Å². The maximum atomic E-state index is 13.0. The summed E-state index contributed by atoms with van der Waals surface area (Å²) in [5.41, 5.74) is 5.22. The summed E-state index contributed by atoms with van der Waals surface area (Å²) in [7, 11) is 3.04. The molecule has 3 aliphatic heterocycles. The predicted molar refractivity (Wildman–Crippen MR) is 209 cm³/mol. The second-order valence-corrected chi connectivity index (χ2v) is 14.1. The first-order valence-corrected chi connectivity index (χ1v) is 17.6. The number of methoxy groups -OCH3 is 2. The van der Waals surface area contributed by atoms with Crippen molar-refractivity contribution >= 4 is 55.6 Å². The van der Waals surface area contributed by atoms with Crippen molar-refractivity contribution in [2.75, 3.05) is 25.7 Å². The highest BCUT2D eigenvalue weighted by Gasteiger charge is 2.44. The lowest BCUT2D eigenvalue weighted by Gasteiger charge is -2.33. The molecule has 14 nitrogen and oxygen atoms in total. The van der Waals surface area contributed by atoms with Gasteiger partial charge in [0.2, 0.25) is 0 Å². The second kappa shape index (κ2) is 12.2. The van der Waals surface area contributed by atoms with Crippen LogP contribution in [0, 0.1) is 12.3 Å². The number of ether oxygens (including phenoxy) is 3. The van der Waals surface area contributed by atoms with Crippen molar-refractivity contribution in [3.8, 4) is 17.2 Å². The first kappa shape index (κ1) is 33.7. The minimum absolute atomic E-state index is 0.0720. The van der Waals surface area contributed by atoms with Crippen LogP contribution in [-0.2, 0) is 5.54 Å². The van der Waals surface area contributed by atoms with Crippen molar-refractivity contribution in [2.45, 2.75) is 32.4 Å². The molecule has 0 radical (unpaired) electrons. The van der Waals surface area contributed by atoms with E-state index < -0.39 is 17.1 Å². The molecule has 4 aromatic carbocycles. The smallest absolute Gasteiger partial charge is 0.284 e. The molecular weight excluding hydrogens is 701 g/mol. The standard InChI is InChI=1S/C22H20N4O4.C19H16N4O2/c1-22(2)18(27)17(19-23-12-7-5-6-8-13(12)24-19)20-25-21(28)16-14(26(20)22)9-11(29-3)10-15(16)30-4;1-10-6-7-15-13(8-10)23-14(9-25-15)17(24)16(18(23)20)19-21-11-4-2-3-5-12(11)22-19/h5-10,27H,1-4H3,(H,23,24);2-8,14,20,24H,9H2,1H3,(H,21,22). The van der Waals surface area contributed by atoms with Crippen molar-refractivity contribution in [2.24, 2.45) is 0 Å². The zero-order valence-corrected chi connectivity index (χ0v) is 30.6. The maximum absolute atomic E-state index is 13.0. The number of anilines is 1. The van der Waals surface area contributed by atoms with Crippen molar-refractivity contribution in [3.05, 3.63) is 124 Å². The fourth-order valence-electron chi connectivity index (χ4n) is 7.64. The summed E-state index contributed by atoms with van der Waals surface area (Å²) in [6, 6.07) is 24.1. The van der Waals surface area contributed by atoms with Gasteiger partial charge in [-0.15, -0.1) is 0 Å². The fourth-order valence-corrected chi connectivity index (χ4v) is 7.64. The normalized spacial score (nSPS) is 16.9. The van der Waals surface area contributed by atoms with Gasteiger partial charge in [0, 0.05) is 12.1 Å². The van der Waals surface area contributed by atoms with Gasteiger partial charge in [0.1, 0.15) is 69.9 Å². The number of amidine groups is 1. The van der Waals surface area contributed by atoms with E-state index >= 15 is 0 Å². The van der Waals surface area contributed by atoms with Crippen molar-refractivity contribution in [3.63, 3.8) is 0 Å². The van der Waals surface area contributed by atoms with E-state index in [0.717, 1.165) is 39.1 Å². The summed E-state index contributed by atoms with van der Waals surface area (Å²) in [6.07, 6.45) is 0. The van der Waals surface area contributed by atoms with Crippen LogP contribution in [0.2, 0.25) is 0 Å². The van der Waals surface area contributed by atoms with Gasteiger partial charge >= 0.3 is 0 Å². The van der Waals surface area contributed by atoms with Gasteiger partial charge in [-0.25, -0.2) is 9.97 Å². The van der Waals surface area contributed by atoms with Gasteiger partial charge in [-0.3, -0.25) is 10.2 Å². The molecule has 5 N–H and O–H groups in total. The lowest BCUT2D eigenvalue weighted by atomic mass is 10.0. The molecule has 55 heavy (non-hydrogen) atoms. The highest BCUT2D eigenvalue weighted by atomic mass is 16.5. The number of rotatable bonds is 4. The molecule has 10 rings (SSSR count). The zero-order valence-electron chi connectivity index (χ0n) is 30.6. The van der Waals surface area contributed by atoms with E-state index in [9.17, 15) is 15.0 Å². The van der Waals surface area contributed by atoms with Gasteiger partial charge in [-0.1, -0.05) is 30.3 Å². The number of nitrogens with zero attached hydrogens (tertiary/aromatic N) is 5. The van der Waals surface area contributed by atoms with Gasteiger partial charge in [-0.05, 0) is 62.7 Å². The number of allylic oxidation sites excluding steroid dienone is 1. The molecule has 0 saturated heterocycles. The van der Waals surface area contributed by atoms with Crippen molar-refractivity contribution < 1.29 is 24.4 Å². The average molecular weight is 737 g/mol. The third-order valence-corrected chi connectivity index (χ3v) is 10.4. The lowest BCUT2D eigenvalue weighted by molar-refractivity contribution is 0.253. The molecule has 3 aromatic heterocycles. The molecule has 3 aliphatic rings. The summed E-state index contributed by atoms with van der Waals surface area (Å²) in [4.78, 5) is 34.7. The zero-order chi connectivity index (χ0) is 38.3. The van der Waals surface area contributed by atoms with Crippen molar-refractivity contribution in [1.29, 1.82) is 5.41 Å². The minimum Gasteiger partial charge on any atom is -0.509 e. The summed E-state index contributed by atoms with van der Waals surface area (Å²) < 4.78 is 18.4. The number of H-pyrrole nitrogens is 2. The van der Waals surface area contributed by atoms with E-state index in [2.05, 4.69) is 24.9 Å². The molecular formula is C41H36N8O6. The predicted octanol–water partition coefficient (Wildman–Crippen LogP) is 6.75. The third-order valence-electron chi connectivity index (χ3n) is 10.4. The molecule has 1 unspecified atom stereocenters. The van der Waals surface area contributed by atoms with E-state index in [1.54, 1.807) is 19.2 Å². The Morgan fingerprint density at radius 1 is 0.873 bits per heavy atom. The van der Waals surface area contributed by atoms with Crippen LogP contribution in [0.15, 0.2) is 95.2 Å². The number of aromatic nitrogens is 6. The quantitative estimate of drug-likeness (QED) is 0.129. The van der Waals surface area contributed by atoms with Crippen LogP contribution >= 0.6 is 0 Å². The fraction of sp³-hybridized carbons (Fsp3) is 0.195. The molecule has 276 valence electrons. The van der Waals surface area contributed by atoms with E-state index in [1.807, 2.05) is 97.0 Å². The Kier molecular flexibility index (Phi) is 7.50. The van der Waals surface area contributed by atoms with E-state index in [1.165, 1.54) is 7.11 Å². The number of aromatic amines is 2. The number of aliphatic hydroxyl groups is 2. The van der Waals surface area contributed by atoms with Gasteiger partial charge in [0.25, 0.3) is 5.56 Å². The molecule has 0 bridgehead atoms. The Labute approximate surface area is 313 Å². The average Bonchev–Trinajstić information content (AvgIpc) is 3.91. The molecule has 0 aliphatic carbocycles. The SMILES string of the molecule is COc1cc(OC)c2c(=O)nc3n(c2c1)C(C)(C)C(O)=C3c1nc2ccccc2[nH]1.Cc1ccc2c(c1)N1C(=N)C(c3nc4ccccc4[nH]3)=C(O)C1CO2. The van der Waals surface area contributed by atoms with Crippen LogP contribution in [0.3, 0.4) is 0 Å². The molecule has 0 amide bonds. The number of hydrogen-bond donors (Lipinski definition) is 5. The highest BCUT2D eigenvalue weighted by molar-refractivity contribution is 6.31. The summed E-state index contributed by atoms with van der Waals surface area (Å²) in [5, 5.41) is 31.0. The monoisotopic (exact) mass is 736 g/mol. The van der Waals surface area contributed by atoms with E-state index in [-0.39, 0.29) is 17.4 Å². The minimum atomic E-state index is -0.875. The van der Waals surface area contributed by atoms with Gasteiger partial charge < -0.3 is 43.9 Å². The number of benzene rings is 4. The van der Waals surface area contributed by atoms with Crippen LogP contribution in [0.1, 0.15) is 36.9 Å². The summed E-state index contributed by atoms with van der Waals surface area (Å²) >= 11 is 0. The van der Waals surface area contributed by atoms with Gasteiger partial charge in [0.15, 0.2) is 5.82 Å². The Morgan fingerprint density at radius 2 is 1.53 bits per heavy atom. The third kappa shape index (κ3) is 5.05. The molecule has 7 aromatic rings. The summed E-state index contributed by atoms with van der Waals surface area (Å²) in [6.45, 7) is 6.02. The Bertz CT molecular complexity index is 2820. The van der Waals surface area contributed by atoms with Crippen LogP contribution in [-0.4, -0.2) is 72.4 Å². The first-order chi connectivity index (χ1) is 26.5.